The van der Waals surface area contributed by atoms with Crippen molar-refractivity contribution in [2.75, 3.05) is 14.7 Å². The van der Waals surface area contributed by atoms with Crippen LogP contribution in [0.3, 0.4) is 0 Å². The second-order valence-corrected chi connectivity index (χ2v) is 30.2. The third kappa shape index (κ3) is 8.99. The molecule has 3 heterocycles. The van der Waals surface area contributed by atoms with Gasteiger partial charge in [0.2, 0.25) is 0 Å². The van der Waals surface area contributed by atoms with E-state index in [9.17, 15) is 0 Å². The second-order valence-electron chi connectivity index (χ2n) is 30.2. The summed E-state index contributed by atoms with van der Waals surface area (Å²) in [5.74, 6) is 0. The average Bonchev–Trinajstić information content (AvgIpc) is 3.75. The van der Waals surface area contributed by atoms with Crippen molar-refractivity contribution in [3.8, 4) is 22.3 Å². The van der Waals surface area contributed by atoms with Crippen molar-refractivity contribution in [1.29, 1.82) is 0 Å². The fourth-order valence-electron chi connectivity index (χ4n) is 14.4. The second kappa shape index (κ2) is 18.9. The highest BCUT2D eigenvalue weighted by molar-refractivity contribution is 7.00. The predicted octanol–water partition coefficient (Wildman–Crippen LogP) is 19.7. The maximum atomic E-state index is 2.86. The first-order valence-electron chi connectivity index (χ1n) is 30.5. The van der Waals surface area contributed by atoms with Crippen molar-refractivity contribution < 1.29 is 0 Å². The van der Waals surface area contributed by atoms with Gasteiger partial charge in [-0.1, -0.05) is 239 Å². The maximum absolute atomic E-state index is 2.86. The van der Waals surface area contributed by atoms with E-state index in [4.69, 9.17) is 0 Å². The van der Waals surface area contributed by atoms with Gasteiger partial charge in [0.1, 0.15) is 0 Å². The lowest BCUT2D eigenvalue weighted by Crippen LogP contribution is -2.62. The third-order valence-electron chi connectivity index (χ3n) is 19.6. The predicted molar refractivity (Wildman–Crippen MR) is 352 cm³/mol. The number of hydrogen-bond acceptors (Lipinski definition) is 3. The van der Waals surface area contributed by atoms with Crippen molar-refractivity contribution in [3.63, 3.8) is 0 Å². The molecule has 2 unspecified atom stereocenters. The van der Waals surface area contributed by atoms with Gasteiger partial charge in [-0.3, -0.25) is 0 Å². The van der Waals surface area contributed by atoms with Crippen LogP contribution in [0.4, 0.5) is 45.5 Å². The van der Waals surface area contributed by atoms with Gasteiger partial charge in [-0.25, -0.2) is 0 Å². The third-order valence-corrected chi connectivity index (χ3v) is 19.6. The molecule has 414 valence electrons. The minimum atomic E-state index is -0.201. The van der Waals surface area contributed by atoms with Crippen molar-refractivity contribution >= 4 is 68.6 Å². The molecular formula is C77H88BN3. The molecule has 1 fully saturated rings. The van der Waals surface area contributed by atoms with E-state index >= 15 is 0 Å². The Hall–Kier alpha value is -6.78. The summed E-state index contributed by atoms with van der Waals surface area (Å²) in [6.45, 7) is 40.7. The first-order chi connectivity index (χ1) is 38.1. The summed E-state index contributed by atoms with van der Waals surface area (Å²) < 4.78 is 0. The van der Waals surface area contributed by atoms with E-state index in [2.05, 4.69) is 296 Å². The van der Waals surface area contributed by atoms with E-state index in [1.807, 2.05) is 0 Å². The smallest absolute Gasteiger partial charge is 0.252 e. The van der Waals surface area contributed by atoms with Crippen LogP contribution in [-0.4, -0.2) is 12.3 Å². The molecule has 4 heteroatoms. The van der Waals surface area contributed by atoms with Crippen molar-refractivity contribution in [3.05, 3.63) is 197 Å². The highest BCUT2D eigenvalue weighted by Gasteiger charge is 2.58. The Morgan fingerprint density at radius 1 is 0.358 bits per heavy atom. The number of hydrogen-bond donors (Lipinski definition) is 0. The standard InChI is InChI=1S/C77H88BN3/c1-71(2,3)52-31-36-63(58(43-52)50-27-21-18-22-28-50)79-66-39-34-55(74(10,11)12)46-61(66)78-62-47-56(75(13,14)15)35-40-67(62)80(64-37-32-53(72(4,5)6)44-59(64)51-29-23-19-24-30-51)69-49-57(48-68(79)70(69)78)81-65-38-33-54(73(7,8)9)45-60(65)76(16)41-25-20-26-42-77(76,81)17/h18-19,21-24,27-40,43-49H,20,25-26,41-42H2,1-17H3. The van der Waals surface area contributed by atoms with Gasteiger partial charge in [0.05, 0.1) is 16.9 Å². The van der Waals surface area contributed by atoms with E-state index in [0.717, 1.165) is 12.8 Å². The van der Waals surface area contributed by atoms with Crippen LogP contribution in [0.15, 0.2) is 164 Å². The molecule has 0 N–H and O–H groups in total. The Balaban J connectivity index is 1.27. The number of nitrogens with zero attached hydrogens (tertiary/aromatic N) is 3. The highest BCUT2D eigenvalue weighted by atomic mass is 15.3. The van der Waals surface area contributed by atoms with E-state index in [1.54, 1.807) is 0 Å². The van der Waals surface area contributed by atoms with Crippen LogP contribution in [0.5, 0.6) is 0 Å². The Kier molecular flexibility index (Phi) is 12.8. The molecule has 3 nitrogen and oxygen atoms in total. The molecule has 0 aromatic heterocycles. The molecule has 4 aliphatic rings. The fraction of sp³-hybridized carbons (Fsp3) is 0.377. The van der Waals surface area contributed by atoms with Gasteiger partial charge in [-0.05, 0) is 162 Å². The van der Waals surface area contributed by atoms with Gasteiger partial charge in [-0.2, -0.15) is 0 Å². The molecule has 0 amide bonds. The molecule has 0 bridgehead atoms. The SMILES string of the molecule is CC(C)(C)c1ccc2c(c1)B1c3cc(C(C)(C)C)ccc3N(c3ccc(C(C)(C)C)cc3-c3ccccc3)c3cc(N4c5ccc(C(C)(C)C)cc5C5(C)CCCCCC45C)cc(c31)N2c1ccc(C(C)(C)C)cc1-c1ccccc1. The van der Waals surface area contributed by atoms with Crippen LogP contribution in [0.2, 0.25) is 0 Å². The molecule has 0 spiro atoms. The minimum Gasteiger partial charge on any atom is -0.334 e. The number of benzene rings is 8. The number of anilines is 8. The fourth-order valence-corrected chi connectivity index (χ4v) is 14.4. The van der Waals surface area contributed by atoms with Crippen LogP contribution in [-0.2, 0) is 32.5 Å². The average molecular weight is 1070 g/mol. The summed E-state index contributed by atoms with van der Waals surface area (Å²) in [6, 6.07) is 65.0. The first-order valence-corrected chi connectivity index (χ1v) is 30.5. The van der Waals surface area contributed by atoms with Crippen molar-refractivity contribution in [2.45, 2.75) is 188 Å². The van der Waals surface area contributed by atoms with Crippen LogP contribution in [0, 0.1) is 0 Å². The molecule has 0 saturated heterocycles. The first kappa shape index (κ1) is 54.8. The summed E-state index contributed by atoms with van der Waals surface area (Å²) in [5, 5.41) is 0. The Morgan fingerprint density at radius 3 is 1.15 bits per heavy atom. The summed E-state index contributed by atoms with van der Waals surface area (Å²) >= 11 is 0. The summed E-state index contributed by atoms with van der Waals surface area (Å²) in [5.41, 5.74) is 26.7. The van der Waals surface area contributed by atoms with Crippen LogP contribution in [0.1, 0.15) is 183 Å². The monoisotopic (exact) mass is 1070 g/mol. The molecule has 1 saturated carbocycles. The quantitative estimate of drug-likeness (QED) is 0.159. The molecular weight excluding hydrogens is 978 g/mol. The van der Waals surface area contributed by atoms with E-state index < -0.39 is 0 Å². The van der Waals surface area contributed by atoms with Crippen LogP contribution < -0.4 is 31.1 Å². The minimum absolute atomic E-state index is 0.0183. The largest absolute Gasteiger partial charge is 0.334 e. The Morgan fingerprint density at radius 2 is 0.728 bits per heavy atom. The van der Waals surface area contributed by atoms with Gasteiger partial charge in [0.25, 0.3) is 6.71 Å². The Bertz CT molecular complexity index is 3570. The number of rotatable bonds is 5. The van der Waals surface area contributed by atoms with Crippen molar-refractivity contribution in [2.24, 2.45) is 0 Å². The molecule has 12 rings (SSSR count). The molecule has 2 atom stereocenters. The van der Waals surface area contributed by atoms with Gasteiger partial charge in [0.15, 0.2) is 0 Å². The summed E-state index contributed by atoms with van der Waals surface area (Å²) in [6.07, 6.45) is 5.97. The van der Waals surface area contributed by atoms with Crippen LogP contribution in [0.25, 0.3) is 22.3 Å². The lowest BCUT2D eigenvalue weighted by molar-refractivity contribution is 0.261. The molecule has 0 radical (unpaired) electrons. The molecule has 1 aliphatic carbocycles. The zero-order chi connectivity index (χ0) is 57.6. The summed E-state index contributed by atoms with van der Waals surface area (Å²) in [7, 11) is 0. The number of fused-ring (bicyclic) bond motifs is 7. The van der Waals surface area contributed by atoms with Gasteiger partial charge in [-0.15, -0.1) is 0 Å². The zero-order valence-corrected chi connectivity index (χ0v) is 52.0. The topological polar surface area (TPSA) is 9.72 Å². The van der Waals surface area contributed by atoms with E-state index in [1.165, 1.54) is 137 Å². The molecule has 81 heavy (non-hydrogen) atoms. The van der Waals surface area contributed by atoms with Gasteiger partial charge >= 0.3 is 0 Å². The van der Waals surface area contributed by atoms with Crippen LogP contribution >= 0.6 is 0 Å². The van der Waals surface area contributed by atoms with E-state index in [-0.39, 0.29) is 44.7 Å². The lowest BCUT2D eigenvalue weighted by atomic mass is 9.33. The molecule has 8 aromatic carbocycles. The van der Waals surface area contributed by atoms with E-state index in [0.29, 0.717) is 0 Å². The maximum Gasteiger partial charge on any atom is 0.252 e. The zero-order valence-electron chi connectivity index (χ0n) is 52.0. The molecule has 8 aromatic rings. The molecule has 3 aliphatic heterocycles. The lowest BCUT2D eigenvalue weighted by Gasteiger charge is -2.49. The highest BCUT2D eigenvalue weighted by Crippen LogP contribution is 2.62. The van der Waals surface area contributed by atoms with Crippen molar-refractivity contribution in [1.82, 2.24) is 0 Å². The normalized spacial score (nSPS) is 18.9. The van der Waals surface area contributed by atoms with Gasteiger partial charge < -0.3 is 14.7 Å². The van der Waals surface area contributed by atoms with Gasteiger partial charge in [0, 0.05) is 50.7 Å². The summed E-state index contributed by atoms with van der Waals surface area (Å²) in [4.78, 5) is 8.28. The Labute approximate surface area is 487 Å².